The fourth-order valence-corrected chi connectivity index (χ4v) is 3.01. The summed E-state index contributed by atoms with van der Waals surface area (Å²) in [7, 11) is 0. The molecule has 0 radical (unpaired) electrons. The number of nitrogens with one attached hydrogen (secondary N) is 1. The first-order chi connectivity index (χ1) is 9.13. The summed E-state index contributed by atoms with van der Waals surface area (Å²) in [4.78, 5) is 18.2. The number of halogens is 1. The summed E-state index contributed by atoms with van der Waals surface area (Å²) >= 11 is 0. The number of rotatable bonds is 2. The summed E-state index contributed by atoms with van der Waals surface area (Å²) in [6.07, 6.45) is 3.24. The minimum absolute atomic E-state index is 0.0696. The van der Waals surface area contributed by atoms with Gasteiger partial charge in [0.15, 0.2) is 0 Å². The molecule has 0 aromatic carbocycles. The van der Waals surface area contributed by atoms with E-state index in [9.17, 15) is 9.18 Å². The first-order valence-corrected chi connectivity index (χ1v) is 6.58. The van der Waals surface area contributed by atoms with Crippen LogP contribution in [0.2, 0.25) is 0 Å². The summed E-state index contributed by atoms with van der Waals surface area (Å²) in [6.45, 7) is 3.10. The van der Waals surface area contributed by atoms with E-state index in [1.807, 2.05) is 0 Å². The first kappa shape index (κ1) is 12.3. The van der Waals surface area contributed by atoms with Crippen molar-refractivity contribution in [3.8, 4) is 0 Å². The standard InChI is InChI=1S/C13H17FN4O/c14-9-5-10(12(15)16-6-9)13(19)17-11-7-18-3-1-8(11)2-4-18/h5-6,8,11H,1-4,7H2,(H2,15,16)(H,17,19). The number of hydrogen-bond acceptors (Lipinski definition) is 4. The number of carbonyl (C=O) groups excluding carboxylic acids is 1. The van der Waals surface area contributed by atoms with Crippen LogP contribution in [0.5, 0.6) is 0 Å². The molecule has 2 bridgehead atoms. The lowest BCUT2D eigenvalue weighted by Crippen LogP contribution is -2.57. The summed E-state index contributed by atoms with van der Waals surface area (Å²) < 4.78 is 13.1. The highest BCUT2D eigenvalue weighted by molar-refractivity contribution is 5.98. The Kier molecular flexibility index (Phi) is 3.10. The number of carbonyl (C=O) groups is 1. The van der Waals surface area contributed by atoms with Crippen molar-refractivity contribution in [1.29, 1.82) is 0 Å². The highest BCUT2D eigenvalue weighted by Crippen LogP contribution is 2.27. The summed E-state index contributed by atoms with van der Waals surface area (Å²) in [5, 5.41) is 2.97. The Labute approximate surface area is 111 Å². The van der Waals surface area contributed by atoms with Crippen LogP contribution < -0.4 is 11.1 Å². The molecule has 0 saturated carbocycles. The minimum atomic E-state index is -0.548. The number of aromatic nitrogens is 1. The topological polar surface area (TPSA) is 71.2 Å². The van der Waals surface area contributed by atoms with Crippen molar-refractivity contribution in [2.24, 2.45) is 5.92 Å². The lowest BCUT2D eigenvalue weighted by atomic mass is 9.84. The van der Waals surface area contributed by atoms with Gasteiger partial charge in [0.1, 0.15) is 11.6 Å². The fourth-order valence-electron chi connectivity index (χ4n) is 3.01. The number of amides is 1. The second-order valence-electron chi connectivity index (χ2n) is 5.30. The van der Waals surface area contributed by atoms with Crippen LogP contribution in [0.25, 0.3) is 0 Å². The number of piperidine rings is 3. The van der Waals surface area contributed by atoms with E-state index < -0.39 is 5.82 Å². The smallest absolute Gasteiger partial charge is 0.255 e. The molecule has 6 heteroatoms. The largest absolute Gasteiger partial charge is 0.383 e. The second-order valence-corrected chi connectivity index (χ2v) is 5.30. The van der Waals surface area contributed by atoms with Gasteiger partial charge in [-0.3, -0.25) is 4.79 Å². The van der Waals surface area contributed by atoms with Gasteiger partial charge < -0.3 is 16.0 Å². The molecule has 1 amide bonds. The number of nitrogen functional groups attached to an aromatic ring is 1. The van der Waals surface area contributed by atoms with E-state index >= 15 is 0 Å². The van der Waals surface area contributed by atoms with Crippen LogP contribution in [0, 0.1) is 11.7 Å². The van der Waals surface area contributed by atoms with E-state index in [2.05, 4.69) is 15.2 Å². The van der Waals surface area contributed by atoms with Crippen molar-refractivity contribution in [1.82, 2.24) is 15.2 Å². The predicted molar refractivity (Wildman–Crippen MR) is 69.0 cm³/mol. The van der Waals surface area contributed by atoms with Gasteiger partial charge in [-0.25, -0.2) is 9.37 Å². The number of hydrogen-bond donors (Lipinski definition) is 2. The van der Waals surface area contributed by atoms with Crippen molar-refractivity contribution in [3.63, 3.8) is 0 Å². The molecule has 1 unspecified atom stereocenters. The maximum atomic E-state index is 13.1. The van der Waals surface area contributed by atoms with E-state index in [1.165, 1.54) is 0 Å². The summed E-state index contributed by atoms with van der Waals surface area (Å²) in [6, 6.07) is 1.27. The molecular formula is C13H17FN4O. The Hall–Kier alpha value is -1.69. The van der Waals surface area contributed by atoms with Gasteiger partial charge in [-0.05, 0) is 37.9 Å². The van der Waals surface area contributed by atoms with Gasteiger partial charge >= 0.3 is 0 Å². The zero-order valence-electron chi connectivity index (χ0n) is 10.6. The van der Waals surface area contributed by atoms with Crippen LogP contribution in [0.3, 0.4) is 0 Å². The molecule has 0 aliphatic carbocycles. The van der Waals surface area contributed by atoms with E-state index in [1.54, 1.807) is 0 Å². The third kappa shape index (κ3) is 2.40. The molecule has 1 aromatic heterocycles. The molecule has 19 heavy (non-hydrogen) atoms. The van der Waals surface area contributed by atoms with Gasteiger partial charge in [0, 0.05) is 12.6 Å². The average molecular weight is 264 g/mol. The fraction of sp³-hybridized carbons (Fsp3) is 0.538. The lowest BCUT2D eigenvalue weighted by molar-refractivity contribution is 0.0620. The zero-order valence-corrected chi connectivity index (χ0v) is 10.6. The van der Waals surface area contributed by atoms with Crippen molar-refractivity contribution in [2.75, 3.05) is 25.4 Å². The van der Waals surface area contributed by atoms with Crippen LogP contribution >= 0.6 is 0 Å². The molecule has 1 aromatic rings. The molecule has 3 aliphatic rings. The summed E-state index contributed by atoms with van der Waals surface area (Å²) in [5.41, 5.74) is 5.74. The lowest BCUT2D eigenvalue weighted by Gasteiger charge is -2.44. The Morgan fingerprint density at radius 1 is 1.47 bits per heavy atom. The highest BCUT2D eigenvalue weighted by atomic mass is 19.1. The molecule has 3 N–H and O–H groups in total. The molecule has 3 fully saturated rings. The second kappa shape index (κ2) is 4.77. The first-order valence-electron chi connectivity index (χ1n) is 6.58. The Morgan fingerprint density at radius 3 is 2.84 bits per heavy atom. The van der Waals surface area contributed by atoms with Crippen molar-refractivity contribution in [2.45, 2.75) is 18.9 Å². The SMILES string of the molecule is Nc1ncc(F)cc1C(=O)NC1CN2CCC1CC2. The Morgan fingerprint density at radius 2 is 2.21 bits per heavy atom. The molecule has 4 heterocycles. The van der Waals surface area contributed by atoms with E-state index in [-0.39, 0.29) is 23.3 Å². The Bertz CT molecular complexity index is 499. The van der Waals surface area contributed by atoms with Crippen LogP contribution in [0.15, 0.2) is 12.3 Å². The Balaban J connectivity index is 1.73. The quantitative estimate of drug-likeness (QED) is 0.821. The molecule has 102 valence electrons. The van der Waals surface area contributed by atoms with Gasteiger partial charge in [0.05, 0.1) is 11.8 Å². The maximum Gasteiger partial charge on any atom is 0.255 e. The van der Waals surface area contributed by atoms with Crippen LogP contribution in [0.4, 0.5) is 10.2 Å². The van der Waals surface area contributed by atoms with Gasteiger partial charge in [-0.1, -0.05) is 0 Å². The average Bonchev–Trinajstić information content (AvgIpc) is 2.43. The molecule has 3 aliphatic heterocycles. The van der Waals surface area contributed by atoms with Gasteiger partial charge in [0.25, 0.3) is 5.91 Å². The van der Waals surface area contributed by atoms with Gasteiger partial charge in [-0.15, -0.1) is 0 Å². The van der Waals surface area contributed by atoms with Crippen LogP contribution in [-0.2, 0) is 0 Å². The monoisotopic (exact) mass is 264 g/mol. The number of anilines is 1. The number of fused-ring (bicyclic) bond motifs is 3. The molecule has 0 spiro atoms. The number of pyridine rings is 1. The minimum Gasteiger partial charge on any atom is -0.383 e. The van der Waals surface area contributed by atoms with Crippen molar-refractivity contribution in [3.05, 3.63) is 23.6 Å². The maximum absolute atomic E-state index is 13.1. The van der Waals surface area contributed by atoms with Crippen LogP contribution in [-0.4, -0.2) is 41.5 Å². The van der Waals surface area contributed by atoms with E-state index in [0.29, 0.717) is 5.92 Å². The molecule has 4 rings (SSSR count). The molecule has 5 nitrogen and oxygen atoms in total. The third-order valence-electron chi connectivity index (χ3n) is 4.10. The van der Waals surface area contributed by atoms with Crippen molar-refractivity contribution < 1.29 is 9.18 Å². The van der Waals surface area contributed by atoms with Crippen molar-refractivity contribution >= 4 is 11.7 Å². The molecular weight excluding hydrogens is 247 g/mol. The zero-order chi connectivity index (χ0) is 13.4. The third-order valence-corrected chi connectivity index (χ3v) is 4.10. The molecule has 3 saturated heterocycles. The number of nitrogens with zero attached hydrogens (tertiary/aromatic N) is 2. The number of nitrogens with two attached hydrogens (primary N) is 1. The van der Waals surface area contributed by atoms with E-state index in [0.717, 1.165) is 44.7 Å². The molecule has 1 atom stereocenters. The van der Waals surface area contributed by atoms with Gasteiger partial charge in [-0.2, -0.15) is 0 Å². The summed E-state index contributed by atoms with van der Waals surface area (Å²) in [5.74, 6) is -0.284. The van der Waals surface area contributed by atoms with E-state index in [4.69, 9.17) is 5.73 Å². The normalized spacial score (nSPS) is 29.2. The van der Waals surface area contributed by atoms with Gasteiger partial charge in [0.2, 0.25) is 0 Å². The highest BCUT2D eigenvalue weighted by Gasteiger charge is 2.35. The predicted octanol–water partition coefficient (Wildman–Crippen LogP) is 0.627. The van der Waals surface area contributed by atoms with Crippen LogP contribution in [0.1, 0.15) is 23.2 Å².